The van der Waals surface area contributed by atoms with Gasteiger partial charge in [-0.2, -0.15) is 0 Å². The highest BCUT2D eigenvalue weighted by molar-refractivity contribution is 6.00. The van der Waals surface area contributed by atoms with Crippen molar-refractivity contribution in [1.29, 1.82) is 0 Å². The minimum Gasteiger partial charge on any atom is -0.278 e. The second-order valence-corrected chi connectivity index (χ2v) is 5.98. The minimum absolute atomic E-state index is 0.0381. The third kappa shape index (κ3) is 1.89. The quantitative estimate of drug-likeness (QED) is 0.924. The molecular weight excluding hydrogens is 276 g/mol. The second kappa shape index (κ2) is 5.09. The molecule has 1 aromatic carbocycles. The number of fused-ring (bicyclic) bond motifs is 2. The standard InChI is InChI=1S/C17H18N4O/c22-16-13-6-2-3-7-14(13)17(9-4-1-5-10-17)21(16)20-15-8-11-18-12-19-15/h2-3,6-8,11-12H,1,4-5,9-10H2,(H,18,19,20). The van der Waals surface area contributed by atoms with Gasteiger partial charge in [0.15, 0.2) is 0 Å². The van der Waals surface area contributed by atoms with E-state index in [2.05, 4.69) is 21.5 Å². The highest BCUT2D eigenvalue weighted by atomic mass is 16.2. The molecule has 5 nitrogen and oxygen atoms in total. The van der Waals surface area contributed by atoms with Crippen molar-refractivity contribution in [3.05, 3.63) is 54.0 Å². The zero-order valence-corrected chi connectivity index (χ0v) is 12.3. The average Bonchev–Trinajstić information content (AvgIpc) is 2.80. The number of nitrogens with one attached hydrogen (secondary N) is 1. The molecule has 1 N–H and O–H groups in total. The number of hydrogen-bond donors (Lipinski definition) is 1. The molecule has 112 valence electrons. The minimum atomic E-state index is -0.239. The maximum atomic E-state index is 12.9. The van der Waals surface area contributed by atoms with Gasteiger partial charge < -0.3 is 0 Å². The molecule has 5 heteroatoms. The molecule has 1 spiro atoms. The summed E-state index contributed by atoms with van der Waals surface area (Å²) in [5.74, 6) is 0.692. The number of aromatic nitrogens is 2. The third-order valence-corrected chi connectivity index (χ3v) is 4.78. The van der Waals surface area contributed by atoms with Crippen LogP contribution >= 0.6 is 0 Å². The smallest absolute Gasteiger partial charge is 0.273 e. The Morgan fingerprint density at radius 2 is 1.91 bits per heavy atom. The van der Waals surface area contributed by atoms with E-state index < -0.39 is 0 Å². The van der Waals surface area contributed by atoms with Crippen LogP contribution < -0.4 is 5.43 Å². The summed E-state index contributed by atoms with van der Waals surface area (Å²) in [4.78, 5) is 21.0. The first-order valence-electron chi connectivity index (χ1n) is 7.78. The van der Waals surface area contributed by atoms with Gasteiger partial charge in [-0.15, -0.1) is 0 Å². The van der Waals surface area contributed by atoms with Crippen LogP contribution in [0.3, 0.4) is 0 Å². The fourth-order valence-electron chi connectivity index (χ4n) is 3.77. The van der Waals surface area contributed by atoms with Gasteiger partial charge in [-0.25, -0.2) is 15.0 Å². The molecule has 0 unspecified atom stereocenters. The van der Waals surface area contributed by atoms with Crippen LogP contribution in [0.4, 0.5) is 5.82 Å². The number of nitrogens with zero attached hydrogens (tertiary/aromatic N) is 3. The summed E-state index contributed by atoms with van der Waals surface area (Å²) in [6, 6.07) is 9.76. The summed E-state index contributed by atoms with van der Waals surface area (Å²) in [6.45, 7) is 0. The molecule has 0 atom stereocenters. The van der Waals surface area contributed by atoms with Crippen molar-refractivity contribution in [2.45, 2.75) is 37.6 Å². The molecular formula is C17H18N4O. The zero-order chi connectivity index (χ0) is 15.0. The molecule has 1 saturated carbocycles. The Labute approximate surface area is 129 Å². The lowest BCUT2D eigenvalue weighted by molar-refractivity contribution is 0.0522. The molecule has 2 heterocycles. The summed E-state index contributed by atoms with van der Waals surface area (Å²) in [7, 11) is 0. The fourth-order valence-corrected chi connectivity index (χ4v) is 3.77. The normalized spacial score (nSPS) is 19.3. The second-order valence-electron chi connectivity index (χ2n) is 5.98. The summed E-state index contributed by atoms with van der Waals surface area (Å²) < 4.78 is 0. The number of carbonyl (C=O) groups is 1. The van der Waals surface area contributed by atoms with Crippen LogP contribution in [0.15, 0.2) is 42.9 Å². The fraction of sp³-hybridized carbons (Fsp3) is 0.353. The number of hydrazine groups is 1. The van der Waals surface area contributed by atoms with Crippen molar-refractivity contribution < 1.29 is 4.79 Å². The molecule has 2 aliphatic rings. The number of carbonyl (C=O) groups excluding carboxylic acids is 1. The Morgan fingerprint density at radius 3 is 2.68 bits per heavy atom. The molecule has 0 radical (unpaired) electrons. The maximum absolute atomic E-state index is 12.9. The van der Waals surface area contributed by atoms with E-state index in [4.69, 9.17) is 0 Å². The van der Waals surface area contributed by atoms with Crippen LogP contribution in [0.2, 0.25) is 0 Å². The van der Waals surface area contributed by atoms with Gasteiger partial charge >= 0.3 is 0 Å². The van der Waals surface area contributed by atoms with Crippen molar-refractivity contribution in [2.24, 2.45) is 0 Å². The van der Waals surface area contributed by atoms with Crippen molar-refractivity contribution in [1.82, 2.24) is 15.0 Å². The largest absolute Gasteiger partial charge is 0.278 e. The number of anilines is 1. The first-order chi connectivity index (χ1) is 10.8. The Morgan fingerprint density at radius 1 is 1.09 bits per heavy atom. The van der Waals surface area contributed by atoms with Crippen LogP contribution in [0, 0.1) is 0 Å². The first kappa shape index (κ1) is 13.2. The Hall–Kier alpha value is -2.43. The van der Waals surface area contributed by atoms with E-state index in [1.165, 1.54) is 12.7 Å². The van der Waals surface area contributed by atoms with Crippen LogP contribution in [0.5, 0.6) is 0 Å². The number of amides is 1. The number of rotatable bonds is 2. The van der Waals surface area contributed by atoms with Crippen molar-refractivity contribution >= 4 is 11.7 Å². The molecule has 22 heavy (non-hydrogen) atoms. The Bertz CT molecular complexity index is 695. The first-order valence-corrected chi connectivity index (χ1v) is 7.78. The molecule has 0 saturated heterocycles. The lowest BCUT2D eigenvalue weighted by Gasteiger charge is -2.42. The van der Waals surface area contributed by atoms with Crippen molar-refractivity contribution in [3.63, 3.8) is 0 Å². The van der Waals surface area contributed by atoms with E-state index in [-0.39, 0.29) is 11.4 Å². The summed E-state index contributed by atoms with van der Waals surface area (Å²) in [6.07, 6.45) is 8.67. The van der Waals surface area contributed by atoms with Crippen LogP contribution in [-0.2, 0) is 5.54 Å². The number of benzene rings is 1. The molecule has 1 fully saturated rings. The van der Waals surface area contributed by atoms with E-state index in [1.54, 1.807) is 17.3 Å². The molecule has 1 amide bonds. The topological polar surface area (TPSA) is 58.1 Å². The van der Waals surface area contributed by atoms with Crippen LogP contribution in [0.1, 0.15) is 48.0 Å². The van der Waals surface area contributed by atoms with Crippen LogP contribution in [-0.4, -0.2) is 20.9 Å². The summed E-state index contributed by atoms with van der Waals surface area (Å²) in [5, 5.41) is 1.80. The predicted molar refractivity (Wildman–Crippen MR) is 83.0 cm³/mol. The van der Waals surface area contributed by atoms with Gasteiger partial charge in [0, 0.05) is 17.8 Å². The summed E-state index contributed by atoms with van der Waals surface area (Å²) >= 11 is 0. The molecule has 1 aromatic heterocycles. The van der Waals surface area contributed by atoms with E-state index in [0.29, 0.717) is 5.82 Å². The molecule has 1 aliphatic heterocycles. The molecule has 4 rings (SSSR count). The summed E-state index contributed by atoms with van der Waals surface area (Å²) in [5.41, 5.74) is 4.96. The highest BCUT2D eigenvalue weighted by Crippen LogP contribution is 2.48. The van der Waals surface area contributed by atoms with E-state index in [9.17, 15) is 4.79 Å². The van der Waals surface area contributed by atoms with E-state index in [1.807, 2.05) is 18.2 Å². The van der Waals surface area contributed by atoms with E-state index in [0.717, 1.165) is 36.8 Å². The molecule has 0 bridgehead atoms. The highest BCUT2D eigenvalue weighted by Gasteiger charge is 2.50. The van der Waals surface area contributed by atoms with E-state index >= 15 is 0 Å². The van der Waals surface area contributed by atoms with Gasteiger partial charge in [0.1, 0.15) is 12.1 Å². The molecule has 2 aromatic rings. The van der Waals surface area contributed by atoms with Gasteiger partial charge in [0.25, 0.3) is 5.91 Å². The predicted octanol–water partition coefficient (Wildman–Crippen LogP) is 3.12. The third-order valence-electron chi connectivity index (χ3n) is 4.78. The SMILES string of the molecule is O=C1c2ccccc2C2(CCCCC2)N1Nc1ccncn1. The van der Waals surface area contributed by atoms with Gasteiger partial charge in [-0.05, 0) is 24.5 Å². The average molecular weight is 294 g/mol. The van der Waals surface area contributed by atoms with Gasteiger partial charge in [-0.3, -0.25) is 10.2 Å². The van der Waals surface area contributed by atoms with Crippen molar-refractivity contribution in [3.8, 4) is 0 Å². The lowest BCUT2D eigenvalue weighted by atomic mass is 9.77. The van der Waals surface area contributed by atoms with Gasteiger partial charge in [0.05, 0.1) is 5.54 Å². The monoisotopic (exact) mass is 294 g/mol. The molecule has 1 aliphatic carbocycles. The van der Waals surface area contributed by atoms with Crippen molar-refractivity contribution in [2.75, 3.05) is 5.43 Å². The van der Waals surface area contributed by atoms with Crippen LogP contribution in [0.25, 0.3) is 0 Å². The Balaban J connectivity index is 1.78. The number of hydrogen-bond acceptors (Lipinski definition) is 4. The maximum Gasteiger partial charge on any atom is 0.273 e. The zero-order valence-electron chi connectivity index (χ0n) is 12.3. The van der Waals surface area contributed by atoms with Gasteiger partial charge in [-0.1, -0.05) is 37.5 Å². The lowest BCUT2D eigenvalue weighted by Crippen LogP contribution is -2.48. The van der Waals surface area contributed by atoms with Gasteiger partial charge in [0.2, 0.25) is 0 Å². The Kier molecular flexibility index (Phi) is 3.06.